The molecular weight excluding hydrogens is 250 g/mol. The third kappa shape index (κ3) is 2.62. The molecule has 1 unspecified atom stereocenters. The summed E-state index contributed by atoms with van der Waals surface area (Å²) in [6, 6.07) is 7.58. The van der Waals surface area contributed by atoms with E-state index in [4.69, 9.17) is 9.84 Å². The van der Waals surface area contributed by atoms with Crippen LogP contribution in [-0.2, 0) is 4.79 Å². The third-order valence-electron chi connectivity index (χ3n) is 3.27. The van der Waals surface area contributed by atoms with Gasteiger partial charge in [0.25, 0.3) is 0 Å². The number of methoxy groups -OCH3 is 1. The van der Waals surface area contributed by atoms with E-state index >= 15 is 0 Å². The molecule has 2 atom stereocenters. The first-order valence-electron chi connectivity index (χ1n) is 5.83. The molecule has 1 N–H and O–H groups in total. The van der Waals surface area contributed by atoms with Gasteiger partial charge in [0.15, 0.2) is 0 Å². The molecule has 0 aliphatic carbocycles. The Balaban J connectivity index is 2.17. The normalized spacial score (nSPS) is 21.8. The number of ether oxygens (including phenoxy) is 1. The summed E-state index contributed by atoms with van der Waals surface area (Å²) in [5.74, 6) is 1.76. The number of aliphatic carboxylic acids is 1. The predicted octanol–water partition coefficient (Wildman–Crippen LogP) is 2.22. The lowest BCUT2D eigenvalue weighted by molar-refractivity contribution is -0.142. The minimum Gasteiger partial charge on any atom is -0.497 e. The Morgan fingerprint density at radius 2 is 2.17 bits per heavy atom. The Hall–Kier alpha value is -1.20. The molecule has 4 nitrogen and oxygen atoms in total. The van der Waals surface area contributed by atoms with E-state index in [0.717, 1.165) is 22.9 Å². The van der Waals surface area contributed by atoms with E-state index in [1.165, 1.54) is 0 Å². The lowest BCUT2D eigenvalue weighted by Gasteiger charge is -2.27. The van der Waals surface area contributed by atoms with Crippen LogP contribution in [0.2, 0.25) is 0 Å². The highest BCUT2D eigenvalue weighted by Gasteiger charge is 2.33. The van der Waals surface area contributed by atoms with Crippen molar-refractivity contribution >= 4 is 17.7 Å². The number of carboxylic acids is 1. The topological polar surface area (TPSA) is 49.8 Å². The number of rotatable bonds is 4. The van der Waals surface area contributed by atoms with Crippen LogP contribution >= 0.6 is 11.8 Å². The molecule has 18 heavy (non-hydrogen) atoms. The standard InChI is InChI=1S/C13H17NO3S/c1-9(13(15)16)14-8-18-7-12(14)10-3-5-11(17-2)6-4-10/h3-6,9,12H,7-8H2,1-2H3,(H,15,16)/t9-,12?/m0/s1. The van der Waals surface area contributed by atoms with Crippen LogP contribution < -0.4 is 4.74 Å². The van der Waals surface area contributed by atoms with Crippen LogP contribution in [0.15, 0.2) is 24.3 Å². The van der Waals surface area contributed by atoms with E-state index in [1.807, 2.05) is 29.2 Å². The maximum absolute atomic E-state index is 11.1. The van der Waals surface area contributed by atoms with Crippen molar-refractivity contribution in [2.45, 2.75) is 19.0 Å². The molecule has 1 aromatic rings. The third-order valence-corrected chi connectivity index (χ3v) is 4.30. The largest absolute Gasteiger partial charge is 0.497 e. The van der Waals surface area contributed by atoms with Gasteiger partial charge in [-0.15, -0.1) is 11.8 Å². The lowest BCUT2D eigenvalue weighted by atomic mass is 10.1. The van der Waals surface area contributed by atoms with Gasteiger partial charge in [-0.25, -0.2) is 0 Å². The first-order valence-corrected chi connectivity index (χ1v) is 6.99. The first-order chi connectivity index (χ1) is 8.63. The fraction of sp³-hybridized carbons (Fsp3) is 0.462. The second-order valence-electron chi connectivity index (χ2n) is 4.32. The van der Waals surface area contributed by atoms with Gasteiger partial charge in [-0.1, -0.05) is 12.1 Å². The average molecular weight is 267 g/mol. The van der Waals surface area contributed by atoms with E-state index < -0.39 is 12.0 Å². The Kier molecular flexibility index (Phi) is 4.14. The zero-order chi connectivity index (χ0) is 13.1. The van der Waals surface area contributed by atoms with Crippen molar-refractivity contribution < 1.29 is 14.6 Å². The molecule has 1 fully saturated rings. The SMILES string of the molecule is COc1ccc(C2CSCN2[C@@H](C)C(=O)O)cc1. The monoisotopic (exact) mass is 267 g/mol. The van der Waals surface area contributed by atoms with Gasteiger partial charge in [-0.2, -0.15) is 0 Å². The molecule has 0 spiro atoms. The fourth-order valence-electron chi connectivity index (χ4n) is 2.09. The van der Waals surface area contributed by atoms with Gasteiger partial charge in [-0.05, 0) is 24.6 Å². The van der Waals surface area contributed by atoms with Crippen LogP contribution in [-0.4, -0.2) is 40.8 Å². The Labute approximate surface area is 111 Å². The minimum absolute atomic E-state index is 0.173. The van der Waals surface area contributed by atoms with Crippen molar-refractivity contribution in [2.75, 3.05) is 18.7 Å². The molecular formula is C13H17NO3S. The van der Waals surface area contributed by atoms with Crippen LogP contribution in [0.1, 0.15) is 18.5 Å². The number of nitrogens with zero attached hydrogens (tertiary/aromatic N) is 1. The number of thioether (sulfide) groups is 1. The van der Waals surface area contributed by atoms with Crippen LogP contribution in [0, 0.1) is 0 Å². The molecule has 1 aromatic carbocycles. The second kappa shape index (κ2) is 5.63. The zero-order valence-corrected chi connectivity index (χ0v) is 11.3. The highest BCUT2D eigenvalue weighted by Crippen LogP contribution is 2.35. The predicted molar refractivity (Wildman–Crippen MR) is 72.0 cm³/mol. The van der Waals surface area contributed by atoms with Gasteiger partial charge in [0, 0.05) is 17.7 Å². The average Bonchev–Trinajstić information content (AvgIpc) is 2.87. The summed E-state index contributed by atoms with van der Waals surface area (Å²) in [6.45, 7) is 1.74. The van der Waals surface area contributed by atoms with Gasteiger partial charge in [0.2, 0.25) is 0 Å². The van der Waals surface area contributed by atoms with Crippen molar-refractivity contribution in [1.29, 1.82) is 0 Å². The number of carbonyl (C=O) groups is 1. The molecule has 98 valence electrons. The van der Waals surface area contributed by atoms with Crippen molar-refractivity contribution in [3.8, 4) is 5.75 Å². The van der Waals surface area contributed by atoms with E-state index in [2.05, 4.69) is 0 Å². The van der Waals surface area contributed by atoms with Gasteiger partial charge in [0.1, 0.15) is 11.8 Å². The van der Waals surface area contributed by atoms with E-state index in [9.17, 15) is 4.79 Å². The zero-order valence-electron chi connectivity index (χ0n) is 10.5. The van der Waals surface area contributed by atoms with E-state index in [0.29, 0.717) is 0 Å². The first kappa shape index (κ1) is 13.2. The second-order valence-corrected chi connectivity index (χ2v) is 5.32. The van der Waals surface area contributed by atoms with Gasteiger partial charge in [0.05, 0.1) is 7.11 Å². The summed E-state index contributed by atoms with van der Waals surface area (Å²) < 4.78 is 5.13. The number of hydrogen-bond donors (Lipinski definition) is 1. The van der Waals surface area contributed by atoms with Crippen LogP contribution in [0.4, 0.5) is 0 Å². The van der Waals surface area contributed by atoms with E-state index in [1.54, 1.807) is 25.8 Å². The summed E-state index contributed by atoms with van der Waals surface area (Å²) in [5.41, 5.74) is 1.15. The maximum atomic E-state index is 11.1. The molecule has 0 aromatic heterocycles. The number of carboxylic acid groups (broad SMARTS) is 1. The van der Waals surface area contributed by atoms with Crippen molar-refractivity contribution in [3.63, 3.8) is 0 Å². The lowest BCUT2D eigenvalue weighted by Crippen LogP contribution is -2.38. The minimum atomic E-state index is -0.768. The van der Waals surface area contributed by atoms with Crippen molar-refractivity contribution in [2.24, 2.45) is 0 Å². The highest BCUT2D eigenvalue weighted by atomic mass is 32.2. The van der Waals surface area contributed by atoms with Crippen LogP contribution in [0.3, 0.4) is 0 Å². The molecule has 0 saturated carbocycles. The molecule has 5 heteroatoms. The van der Waals surface area contributed by atoms with Gasteiger partial charge < -0.3 is 9.84 Å². The Morgan fingerprint density at radius 1 is 1.50 bits per heavy atom. The van der Waals surface area contributed by atoms with Crippen LogP contribution in [0.5, 0.6) is 5.75 Å². The quantitative estimate of drug-likeness (QED) is 0.906. The number of benzene rings is 1. The van der Waals surface area contributed by atoms with Crippen molar-refractivity contribution in [1.82, 2.24) is 4.90 Å². The summed E-state index contributed by atoms with van der Waals surface area (Å²) in [4.78, 5) is 13.1. The molecule has 1 saturated heterocycles. The molecule has 0 radical (unpaired) electrons. The Bertz CT molecular complexity index is 421. The molecule has 0 bridgehead atoms. The van der Waals surface area contributed by atoms with Gasteiger partial charge in [-0.3, -0.25) is 9.69 Å². The summed E-state index contributed by atoms with van der Waals surface area (Å²) in [7, 11) is 1.64. The molecule has 2 rings (SSSR count). The Morgan fingerprint density at radius 3 is 2.72 bits per heavy atom. The van der Waals surface area contributed by atoms with E-state index in [-0.39, 0.29) is 6.04 Å². The van der Waals surface area contributed by atoms with Crippen LogP contribution in [0.25, 0.3) is 0 Å². The smallest absolute Gasteiger partial charge is 0.320 e. The summed E-state index contributed by atoms with van der Waals surface area (Å²) >= 11 is 1.77. The summed E-state index contributed by atoms with van der Waals surface area (Å²) in [5, 5.41) is 9.12. The van der Waals surface area contributed by atoms with Gasteiger partial charge >= 0.3 is 5.97 Å². The number of hydrogen-bond acceptors (Lipinski definition) is 4. The maximum Gasteiger partial charge on any atom is 0.320 e. The fourth-order valence-corrected chi connectivity index (χ4v) is 3.42. The molecule has 1 aliphatic rings. The van der Waals surface area contributed by atoms with Crippen molar-refractivity contribution in [3.05, 3.63) is 29.8 Å². The highest BCUT2D eigenvalue weighted by molar-refractivity contribution is 7.99. The summed E-state index contributed by atoms with van der Waals surface area (Å²) in [6.07, 6.45) is 0. The molecule has 1 aliphatic heterocycles. The molecule has 1 heterocycles. The molecule has 0 amide bonds.